The number of carbonyl (C=O) groups is 3. The van der Waals surface area contributed by atoms with Gasteiger partial charge in [-0.15, -0.1) is 11.3 Å². The fourth-order valence-corrected chi connectivity index (χ4v) is 9.17. The molecule has 1 amide bonds. The van der Waals surface area contributed by atoms with Crippen molar-refractivity contribution in [3.8, 4) is 12.1 Å². The molecule has 2 aliphatic rings. The second-order valence-electron chi connectivity index (χ2n) is 10.4. The van der Waals surface area contributed by atoms with E-state index in [0.717, 1.165) is 43.1 Å². The maximum absolute atomic E-state index is 13.9. The minimum atomic E-state index is -4.20. The maximum atomic E-state index is 13.9. The van der Waals surface area contributed by atoms with Crippen molar-refractivity contribution >= 4 is 79.0 Å². The zero-order valence-electron chi connectivity index (χ0n) is 24.3. The first-order valence-corrected chi connectivity index (χ1v) is 17.7. The Kier molecular flexibility index (Phi) is 10.7. The zero-order valence-corrected chi connectivity index (χ0v) is 27.6. The fourth-order valence-electron chi connectivity index (χ4n) is 4.80. The van der Waals surface area contributed by atoms with Gasteiger partial charge in [-0.05, 0) is 36.1 Å². The number of anilines is 1. The molecule has 0 bridgehead atoms. The molecule has 2 aliphatic heterocycles. The van der Waals surface area contributed by atoms with Crippen LogP contribution < -0.4 is 19.7 Å². The van der Waals surface area contributed by atoms with Gasteiger partial charge in [-0.2, -0.15) is 18.9 Å². The van der Waals surface area contributed by atoms with Crippen LogP contribution in [0.25, 0.3) is 10.5 Å². The lowest BCUT2D eigenvalue weighted by Crippen LogP contribution is -2.40. The van der Waals surface area contributed by atoms with E-state index < -0.39 is 63.7 Å². The van der Waals surface area contributed by atoms with Crippen LogP contribution in [0.15, 0.2) is 45.1 Å². The minimum absolute atomic E-state index is 0.0474. The third-order valence-corrected chi connectivity index (χ3v) is 11.5. The first-order valence-electron chi connectivity index (χ1n) is 13.6. The number of aliphatic carboxylic acids is 2. The van der Waals surface area contributed by atoms with Gasteiger partial charge in [0.2, 0.25) is 0 Å². The third-order valence-electron chi connectivity index (χ3n) is 6.82. The molecule has 3 N–H and O–H groups in total. The normalized spacial score (nSPS) is 19.1. The van der Waals surface area contributed by atoms with Crippen LogP contribution in [0.1, 0.15) is 20.3 Å². The van der Waals surface area contributed by atoms with E-state index in [0.29, 0.717) is 10.6 Å². The highest BCUT2D eigenvalue weighted by molar-refractivity contribution is 8.10. The molecule has 1 fully saturated rings. The number of carbonyl (C=O) groups excluding carboxylic acids is 1. The van der Waals surface area contributed by atoms with E-state index in [1.54, 1.807) is 18.2 Å². The molecule has 46 heavy (non-hydrogen) atoms. The molecule has 1 atom stereocenters. The van der Waals surface area contributed by atoms with Gasteiger partial charge in [0.25, 0.3) is 21.6 Å². The number of carboxylic acids is 2. The van der Waals surface area contributed by atoms with Crippen molar-refractivity contribution in [3.05, 3.63) is 54.9 Å². The number of rotatable bonds is 11. The molecule has 1 aromatic carbocycles. The molecule has 3 heterocycles. The zero-order chi connectivity index (χ0) is 33.9. The van der Waals surface area contributed by atoms with Crippen molar-refractivity contribution < 1.29 is 37.6 Å². The molecule has 4 rings (SSSR count). The van der Waals surface area contributed by atoms with Crippen molar-refractivity contribution in [2.24, 2.45) is 11.8 Å². The summed E-state index contributed by atoms with van der Waals surface area (Å²) in [7, 11) is -4.20. The number of carboxylic acid groups (broad SMARTS) is 2. The lowest BCUT2D eigenvalue weighted by Gasteiger charge is -2.21. The van der Waals surface area contributed by atoms with Crippen LogP contribution in [-0.4, -0.2) is 74.7 Å². The van der Waals surface area contributed by atoms with E-state index in [9.17, 15) is 52.9 Å². The SMILES string of the molecule is CC(C)C(/C=C1\Sc2ccccc2N1CCCS(=O)(=O)O)=c1\s/c(=C2\SC(C(C#N)C#N)N(CC(=O)O)C2=O)n(CC(=O)O)c1=O. The van der Waals surface area contributed by atoms with Crippen LogP contribution in [0.5, 0.6) is 0 Å². The van der Waals surface area contributed by atoms with E-state index in [1.165, 1.54) is 11.8 Å². The number of nitriles is 2. The topological polar surface area (TPSA) is 222 Å². The number of hydrogen-bond acceptors (Lipinski definition) is 12. The fraction of sp³-hybridized carbons (Fsp3) is 0.357. The Morgan fingerprint density at radius 1 is 1.09 bits per heavy atom. The van der Waals surface area contributed by atoms with Gasteiger partial charge >= 0.3 is 11.9 Å². The van der Waals surface area contributed by atoms with Crippen molar-refractivity contribution in [1.82, 2.24) is 9.47 Å². The Labute approximate surface area is 275 Å². The Morgan fingerprint density at radius 2 is 1.74 bits per heavy atom. The maximum Gasteiger partial charge on any atom is 0.323 e. The van der Waals surface area contributed by atoms with E-state index in [2.05, 4.69) is 0 Å². The van der Waals surface area contributed by atoms with E-state index in [4.69, 9.17) is 0 Å². The predicted molar refractivity (Wildman–Crippen MR) is 171 cm³/mol. The summed E-state index contributed by atoms with van der Waals surface area (Å²) in [4.78, 5) is 54.2. The number of fused-ring (bicyclic) bond motifs is 1. The molecular formula is C28H27N5O9S4. The van der Waals surface area contributed by atoms with E-state index in [1.807, 2.05) is 43.0 Å². The smallest absolute Gasteiger partial charge is 0.323 e. The number of para-hydroxylation sites is 1. The summed E-state index contributed by atoms with van der Waals surface area (Å²) >= 11 is 2.97. The summed E-state index contributed by atoms with van der Waals surface area (Å²) in [5.41, 5.74) is 0.593. The number of aromatic nitrogens is 1. The molecule has 1 saturated heterocycles. The Balaban J connectivity index is 1.96. The van der Waals surface area contributed by atoms with Gasteiger partial charge in [-0.25, -0.2) is 0 Å². The Hall–Kier alpha value is -4.07. The highest BCUT2D eigenvalue weighted by Gasteiger charge is 2.43. The van der Waals surface area contributed by atoms with Gasteiger partial charge in [-0.1, -0.05) is 49.5 Å². The van der Waals surface area contributed by atoms with Gasteiger partial charge in [0, 0.05) is 11.4 Å². The number of thiazole rings is 1. The van der Waals surface area contributed by atoms with Crippen molar-refractivity contribution in [2.45, 2.75) is 37.1 Å². The summed E-state index contributed by atoms with van der Waals surface area (Å²) in [6.45, 7) is 2.24. The number of amides is 1. The van der Waals surface area contributed by atoms with Crippen LogP contribution in [0, 0.1) is 34.5 Å². The second-order valence-corrected chi connectivity index (χ2v) is 15.1. The third kappa shape index (κ3) is 7.48. The van der Waals surface area contributed by atoms with Gasteiger partial charge in [0.15, 0.2) is 5.92 Å². The summed E-state index contributed by atoms with van der Waals surface area (Å²) in [6.07, 6.45) is 1.86. The first-order chi connectivity index (χ1) is 21.7. The van der Waals surface area contributed by atoms with Gasteiger partial charge in [0.1, 0.15) is 28.0 Å². The summed E-state index contributed by atoms with van der Waals surface area (Å²) in [6, 6.07) is 10.9. The number of allylic oxidation sites excluding steroid dienone is 1. The minimum Gasteiger partial charge on any atom is -0.480 e. The monoisotopic (exact) mass is 705 g/mol. The first kappa shape index (κ1) is 34.8. The average Bonchev–Trinajstić information content (AvgIpc) is 3.58. The lowest BCUT2D eigenvalue weighted by atomic mass is 10.0. The van der Waals surface area contributed by atoms with Crippen molar-refractivity contribution in [1.29, 1.82) is 10.5 Å². The van der Waals surface area contributed by atoms with Gasteiger partial charge in [0.05, 0.1) is 33.1 Å². The van der Waals surface area contributed by atoms with Crippen molar-refractivity contribution in [3.63, 3.8) is 0 Å². The molecule has 0 radical (unpaired) electrons. The van der Waals surface area contributed by atoms with Crippen molar-refractivity contribution in [2.75, 3.05) is 23.7 Å². The number of benzene rings is 1. The molecular weight excluding hydrogens is 679 g/mol. The van der Waals surface area contributed by atoms with E-state index >= 15 is 0 Å². The van der Waals surface area contributed by atoms with E-state index in [-0.39, 0.29) is 33.0 Å². The van der Waals surface area contributed by atoms with Crippen LogP contribution in [-0.2, 0) is 31.0 Å². The Morgan fingerprint density at radius 3 is 2.33 bits per heavy atom. The van der Waals surface area contributed by atoms with Gasteiger partial charge in [-0.3, -0.25) is 28.3 Å². The van der Waals surface area contributed by atoms with Crippen LogP contribution >= 0.6 is 34.9 Å². The van der Waals surface area contributed by atoms with Gasteiger partial charge < -0.3 is 20.0 Å². The quantitative estimate of drug-likeness (QED) is 0.281. The number of nitrogens with zero attached hydrogens (tertiary/aromatic N) is 5. The molecule has 1 unspecified atom stereocenters. The molecule has 0 aliphatic carbocycles. The highest BCUT2D eigenvalue weighted by Crippen LogP contribution is 2.46. The molecule has 1 aromatic heterocycles. The molecule has 242 valence electrons. The largest absolute Gasteiger partial charge is 0.480 e. The molecule has 18 heteroatoms. The number of thioether (sulfide) groups is 2. The highest BCUT2D eigenvalue weighted by atomic mass is 32.2. The standard InChI is InChI=1S/C28H27N5O9S4/c1-15(2)17(10-20-31(8-5-9-46(40,41)42)18-6-3-4-7-19(18)43-20)23-25(38)33(14-22(36)37)28(44-23)24-26(39)32(13-21(34)35)27(45-24)16(11-29)12-30/h3-4,6-7,10,15-16,27H,5,8-9,13-14H2,1-2H3,(H,34,35)(H,36,37)(H,40,41,42)/b20-10-,23-17-,28-24-. The average molecular weight is 706 g/mol. The summed E-state index contributed by atoms with van der Waals surface area (Å²) in [5, 5.41) is 37.5. The Bertz CT molecular complexity index is 1990. The molecule has 0 saturated carbocycles. The molecule has 2 aromatic rings. The molecule has 0 spiro atoms. The number of hydrogen-bond donors (Lipinski definition) is 3. The second kappa shape index (κ2) is 14.1. The van der Waals surface area contributed by atoms with Crippen LogP contribution in [0.2, 0.25) is 0 Å². The molecule has 14 nitrogen and oxygen atoms in total. The van der Waals surface area contributed by atoms with Crippen LogP contribution in [0.4, 0.5) is 5.69 Å². The summed E-state index contributed by atoms with van der Waals surface area (Å²) < 4.78 is 33.0. The summed E-state index contributed by atoms with van der Waals surface area (Å²) in [5.74, 6) is -5.77. The lowest BCUT2D eigenvalue weighted by molar-refractivity contribution is -0.142. The van der Waals surface area contributed by atoms with Crippen LogP contribution in [0.3, 0.4) is 0 Å². The predicted octanol–water partition coefficient (Wildman–Crippen LogP) is 1.29.